The number of carbonyl (C=O) groups is 2. The fourth-order valence-electron chi connectivity index (χ4n) is 2.73. The lowest BCUT2D eigenvalue weighted by Gasteiger charge is -2.23. The van der Waals surface area contributed by atoms with E-state index in [1.54, 1.807) is 12.1 Å². The highest BCUT2D eigenvalue weighted by molar-refractivity contribution is 6.40. The molecule has 5 heteroatoms. The van der Waals surface area contributed by atoms with Crippen molar-refractivity contribution in [2.24, 2.45) is 5.10 Å². The van der Waals surface area contributed by atoms with Crippen molar-refractivity contribution < 1.29 is 9.59 Å². The minimum atomic E-state index is -0.212. The van der Waals surface area contributed by atoms with Gasteiger partial charge >= 0.3 is 0 Å². The number of rotatable bonds is 5. The van der Waals surface area contributed by atoms with Gasteiger partial charge in [0.1, 0.15) is 5.71 Å². The molecule has 2 aromatic rings. The van der Waals surface area contributed by atoms with Crippen molar-refractivity contribution in [2.45, 2.75) is 25.7 Å². The first-order chi connectivity index (χ1) is 12.1. The van der Waals surface area contributed by atoms with E-state index in [-0.39, 0.29) is 24.2 Å². The Morgan fingerprint density at radius 3 is 2.40 bits per heavy atom. The van der Waals surface area contributed by atoms with Gasteiger partial charge in [0.2, 0.25) is 5.91 Å². The van der Waals surface area contributed by atoms with Gasteiger partial charge in [-0.25, -0.2) is 5.01 Å². The summed E-state index contributed by atoms with van der Waals surface area (Å²) in [6.45, 7) is 2.60. The maximum Gasteiger partial charge on any atom is 0.267 e. The van der Waals surface area contributed by atoms with Gasteiger partial charge in [0.05, 0.1) is 5.69 Å². The first kappa shape index (κ1) is 16.9. The lowest BCUT2D eigenvalue weighted by atomic mass is 10.0. The molecule has 128 valence electrons. The van der Waals surface area contributed by atoms with E-state index in [4.69, 9.17) is 0 Å². The lowest BCUT2D eigenvalue weighted by Crippen LogP contribution is -2.40. The summed E-state index contributed by atoms with van der Waals surface area (Å²) in [4.78, 5) is 24.5. The molecule has 0 saturated heterocycles. The molecule has 25 heavy (non-hydrogen) atoms. The molecule has 1 unspecified atom stereocenters. The summed E-state index contributed by atoms with van der Waals surface area (Å²) in [5.41, 5.74) is 2.24. The lowest BCUT2D eigenvalue weighted by molar-refractivity contribution is -0.118. The Labute approximate surface area is 147 Å². The molecule has 0 saturated carbocycles. The molecule has 0 fully saturated rings. The first-order valence-corrected chi connectivity index (χ1v) is 8.44. The van der Waals surface area contributed by atoms with E-state index in [0.717, 1.165) is 0 Å². The van der Waals surface area contributed by atoms with Gasteiger partial charge in [0.15, 0.2) is 0 Å². The second-order valence-electron chi connectivity index (χ2n) is 6.11. The van der Waals surface area contributed by atoms with Crippen molar-refractivity contribution in [1.29, 1.82) is 0 Å². The molecule has 1 atom stereocenters. The topological polar surface area (TPSA) is 61.8 Å². The molecular formula is C20H21N3O2. The smallest absolute Gasteiger partial charge is 0.267 e. The summed E-state index contributed by atoms with van der Waals surface area (Å²) < 4.78 is 0. The van der Waals surface area contributed by atoms with E-state index in [1.165, 1.54) is 10.6 Å². The van der Waals surface area contributed by atoms with Gasteiger partial charge in [-0.05, 0) is 23.6 Å². The third-order valence-electron chi connectivity index (χ3n) is 4.23. The highest BCUT2D eigenvalue weighted by Crippen LogP contribution is 2.20. The molecule has 5 nitrogen and oxygen atoms in total. The number of benzene rings is 2. The van der Waals surface area contributed by atoms with Crippen LogP contribution in [0.2, 0.25) is 0 Å². The zero-order valence-corrected chi connectivity index (χ0v) is 14.2. The average molecular weight is 335 g/mol. The number of amides is 2. The number of hydrazone groups is 1. The normalized spacial score (nSPS) is 15.5. The highest BCUT2D eigenvalue weighted by Gasteiger charge is 2.25. The summed E-state index contributed by atoms with van der Waals surface area (Å²) >= 11 is 0. The number of nitrogens with zero attached hydrogens (tertiary/aromatic N) is 2. The van der Waals surface area contributed by atoms with Gasteiger partial charge in [0, 0.05) is 19.4 Å². The Morgan fingerprint density at radius 2 is 1.72 bits per heavy atom. The largest absolute Gasteiger partial charge is 0.350 e. The molecule has 0 bridgehead atoms. The van der Waals surface area contributed by atoms with Crippen LogP contribution in [0.5, 0.6) is 0 Å². The Morgan fingerprint density at radius 1 is 1.08 bits per heavy atom. The van der Waals surface area contributed by atoms with Gasteiger partial charge in [-0.3, -0.25) is 9.59 Å². The van der Waals surface area contributed by atoms with Gasteiger partial charge in [0.25, 0.3) is 5.91 Å². The zero-order valence-electron chi connectivity index (χ0n) is 14.2. The molecule has 1 aliphatic heterocycles. The number of nitrogens with one attached hydrogen (secondary N) is 1. The number of hydrogen-bond donors (Lipinski definition) is 1. The van der Waals surface area contributed by atoms with Crippen molar-refractivity contribution >= 4 is 23.2 Å². The van der Waals surface area contributed by atoms with E-state index in [0.29, 0.717) is 24.4 Å². The standard InChI is InChI=1S/C20H21N3O2/c1-15(16-8-4-2-5-9-16)14-21-20(25)18-12-13-19(24)23(22-18)17-10-6-3-7-11-17/h2-11,15H,12-14H2,1H3,(H,21,25). The third kappa shape index (κ3) is 4.12. The van der Waals surface area contributed by atoms with Crippen LogP contribution in [0.15, 0.2) is 65.8 Å². The summed E-state index contributed by atoms with van der Waals surface area (Å²) in [7, 11) is 0. The minimum Gasteiger partial charge on any atom is -0.350 e. The van der Waals surface area contributed by atoms with Gasteiger partial charge < -0.3 is 5.32 Å². The summed E-state index contributed by atoms with van der Waals surface area (Å²) in [5, 5.41) is 8.52. The fourth-order valence-corrected chi connectivity index (χ4v) is 2.73. The van der Waals surface area contributed by atoms with E-state index in [9.17, 15) is 9.59 Å². The van der Waals surface area contributed by atoms with Crippen LogP contribution < -0.4 is 10.3 Å². The second kappa shape index (κ2) is 7.75. The molecule has 0 aromatic heterocycles. The number of anilines is 1. The fraction of sp³-hybridized carbons (Fsp3) is 0.250. The van der Waals surface area contributed by atoms with Crippen LogP contribution in [0.1, 0.15) is 31.2 Å². The Bertz CT molecular complexity index is 772. The maximum atomic E-state index is 12.4. The average Bonchev–Trinajstić information content (AvgIpc) is 2.67. The minimum absolute atomic E-state index is 0.0968. The van der Waals surface area contributed by atoms with Crippen LogP contribution in [0.3, 0.4) is 0 Å². The van der Waals surface area contributed by atoms with Crippen molar-refractivity contribution in [2.75, 3.05) is 11.6 Å². The van der Waals surface area contributed by atoms with Crippen LogP contribution in [-0.2, 0) is 9.59 Å². The maximum absolute atomic E-state index is 12.4. The van der Waals surface area contributed by atoms with Crippen LogP contribution in [-0.4, -0.2) is 24.1 Å². The molecule has 3 rings (SSSR count). The molecule has 1 N–H and O–H groups in total. The van der Waals surface area contributed by atoms with Crippen LogP contribution >= 0.6 is 0 Å². The first-order valence-electron chi connectivity index (χ1n) is 8.44. The van der Waals surface area contributed by atoms with Crippen molar-refractivity contribution in [1.82, 2.24) is 5.32 Å². The molecule has 0 aliphatic carbocycles. The van der Waals surface area contributed by atoms with E-state index >= 15 is 0 Å². The SMILES string of the molecule is CC(CNC(=O)C1=NN(c2ccccc2)C(=O)CC1)c1ccccc1. The number of carbonyl (C=O) groups excluding carboxylic acids is 2. The molecule has 0 radical (unpaired) electrons. The monoisotopic (exact) mass is 335 g/mol. The summed E-state index contributed by atoms with van der Waals surface area (Å²) in [6.07, 6.45) is 0.656. The molecule has 2 aromatic carbocycles. The second-order valence-corrected chi connectivity index (χ2v) is 6.11. The molecule has 2 amide bonds. The molecule has 0 spiro atoms. The Hall–Kier alpha value is -2.95. The van der Waals surface area contributed by atoms with Gasteiger partial charge in [-0.1, -0.05) is 55.5 Å². The molecule has 1 aliphatic rings. The zero-order chi connectivity index (χ0) is 17.6. The molecular weight excluding hydrogens is 314 g/mol. The van der Waals surface area contributed by atoms with Crippen molar-refractivity contribution in [3.63, 3.8) is 0 Å². The van der Waals surface area contributed by atoms with Crippen LogP contribution in [0, 0.1) is 0 Å². The summed E-state index contributed by atoms with van der Waals surface area (Å²) in [5.74, 6) is -0.0992. The van der Waals surface area contributed by atoms with Crippen LogP contribution in [0.25, 0.3) is 0 Å². The Kier molecular flexibility index (Phi) is 5.23. The number of para-hydroxylation sites is 1. The number of hydrogen-bond acceptors (Lipinski definition) is 3. The van der Waals surface area contributed by atoms with Crippen molar-refractivity contribution in [3.05, 3.63) is 66.2 Å². The van der Waals surface area contributed by atoms with Crippen molar-refractivity contribution in [3.8, 4) is 0 Å². The third-order valence-corrected chi connectivity index (χ3v) is 4.23. The highest BCUT2D eigenvalue weighted by atomic mass is 16.2. The predicted molar refractivity (Wildman–Crippen MR) is 98.5 cm³/mol. The summed E-state index contributed by atoms with van der Waals surface area (Å²) in [6, 6.07) is 19.2. The van der Waals surface area contributed by atoms with E-state index in [2.05, 4.69) is 17.3 Å². The Balaban J connectivity index is 1.66. The predicted octanol–water partition coefficient (Wildman–Crippen LogP) is 3.09. The van der Waals surface area contributed by atoms with E-state index < -0.39 is 0 Å². The quantitative estimate of drug-likeness (QED) is 0.913. The molecule has 1 heterocycles. The van der Waals surface area contributed by atoms with Gasteiger partial charge in [-0.2, -0.15) is 5.10 Å². The van der Waals surface area contributed by atoms with E-state index in [1.807, 2.05) is 48.5 Å². The van der Waals surface area contributed by atoms with Crippen LogP contribution in [0.4, 0.5) is 5.69 Å². The van der Waals surface area contributed by atoms with Gasteiger partial charge in [-0.15, -0.1) is 0 Å².